The summed E-state index contributed by atoms with van der Waals surface area (Å²) in [4.78, 5) is 11.6. The molecule has 0 fully saturated rings. The summed E-state index contributed by atoms with van der Waals surface area (Å²) in [5.41, 5.74) is 1.59. The molecule has 2 rings (SSSR count). The van der Waals surface area contributed by atoms with Crippen molar-refractivity contribution < 1.29 is 9.53 Å². The summed E-state index contributed by atoms with van der Waals surface area (Å²) in [6, 6.07) is 15.0. The molecule has 0 unspecified atom stereocenters. The summed E-state index contributed by atoms with van der Waals surface area (Å²) < 4.78 is 5.63. The SMILES string of the molecule is O=C(CBr)c1ccc(OCc2ccccc2)cc1Cl. The van der Waals surface area contributed by atoms with Gasteiger partial charge in [-0.15, -0.1) is 0 Å². The molecule has 0 bridgehead atoms. The standard InChI is InChI=1S/C15H12BrClO2/c16-9-15(18)13-7-6-12(8-14(13)17)19-10-11-4-2-1-3-5-11/h1-8H,9-10H2. The van der Waals surface area contributed by atoms with Gasteiger partial charge in [0.15, 0.2) is 5.78 Å². The van der Waals surface area contributed by atoms with Crippen molar-refractivity contribution in [1.82, 2.24) is 0 Å². The van der Waals surface area contributed by atoms with Gasteiger partial charge < -0.3 is 4.74 Å². The molecule has 0 radical (unpaired) electrons. The van der Waals surface area contributed by atoms with Crippen LogP contribution < -0.4 is 4.74 Å². The number of carbonyl (C=O) groups is 1. The molecule has 0 amide bonds. The number of hydrogen-bond donors (Lipinski definition) is 0. The molecular formula is C15H12BrClO2. The number of Topliss-reactive ketones (excluding diaryl/α,β-unsaturated/α-hetero) is 1. The quantitative estimate of drug-likeness (QED) is 0.592. The van der Waals surface area contributed by atoms with Crippen LogP contribution in [0.1, 0.15) is 15.9 Å². The largest absolute Gasteiger partial charge is 0.489 e. The van der Waals surface area contributed by atoms with E-state index in [1.165, 1.54) is 0 Å². The fourth-order valence-electron chi connectivity index (χ4n) is 1.62. The van der Waals surface area contributed by atoms with E-state index in [0.717, 1.165) is 5.56 Å². The Morgan fingerprint density at radius 3 is 2.53 bits per heavy atom. The summed E-state index contributed by atoms with van der Waals surface area (Å²) in [6.07, 6.45) is 0. The molecule has 98 valence electrons. The van der Waals surface area contributed by atoms with Crippen molar-refractivity contribution in [1.29, 1.82) is 0 Å². The molecule has 0 spiro atoms. The van der Waals surface area contributed by atoms with Crippen LogP contribution in [0.3, 0.4) is 0 Å². The molecule has 0 aliphatic rings. The fraction of sp³-hybridized carbons (Fsp3) is 0.133. The second-order valence-corrected chi connectivity index (χ2v) is 4.94. The Hall–Kier alpha value is -1.32. The van der Waals surface area contributed by atoms with Gasteiger partial charge in [0.1, 0.15) is 12.4 Å². The summed E-state index contributed by atoms with van der Waals surface area (Å²) >= 11 is 9.19. The minimum atomic E-state index is -0.0420. The average molecular weight is 340 g/mol. The highest BCUT2D eigenvalue weighted by molar-refractivity contribution is 9.09. The van der Waals surface area contributed by atoms with Gasteiger partial charge in [-0.3, -0.25) is 4.79 Å². The number of ether oxygens (including phenoxy) is 1. The lowest BCUT2D eigenvalue weighted by Crippen LogP contribution is -2.01. The molecule has 4 heteroatoms. The third-order valence-electron chi connectivity index (χ3n) is 2.61. The van der Waals surface area contributed by atoms with Gasteiger partial charge in [0.2, 0.25) is 0 Å². The van der Waals surface area contributed by atoms with Crippen molar-refractivity contribution in [3.63, 3.8) is 0 Å². The normalized spacial score (nSPS) is 10.2. The Labute approximate surface area is 125 Å². The van der Waals surface area contributed by atoms with Crippen LogP contribution in [0.4, 0.5) is 0 Å². The summed E-state index contributed by atoms with van der Waals surface area (Å²) in [7, 11) is 0. The highest BCUT2D eigenvalue weighted by Crippen LogP contribution is 2.24. The van der Waals surface area contributed by atoms with E-state index >= 15 is 0 Å². The Kier molecular flexibility index (Phi) is 5.00. The summed E-state index contributed by atoms with van der Waals surface area (Å²) in [5, 5.41) is 0.673. The smallest absolute Gasteiger partial charge is 0.174 e. The third-order valence-corrected chi connectivity index (χ3v) is 3.43. The van der Waals surface area contributed by atoms with Gasteiger partial charge >= 0.3 is 0 Å². The van der Waals surface area contributed by atoms with Gasteiger partial charge in [0.25, 0.3) is 0 Å². The zero-order chi connectivity index (χ0) is 13.7. The van der Waals surface area contributed by atoms with Gasteiger partial charge in [-0.1, -0.05) is 57.9 Å². The van der Waals surface area contributed by atoms with E-state index in [9.17, 15) is 4.79 Å². The van der Waals surface area contributed by atoms with Crippen LogP contribution in [0.25, 0.3) is 0 Å². The van der Waals surface area contributed by atoms with Gasteiger partial charge in [-0.2, -0.15) is 0 Å². The lowest BCUT2D eigenvalue weighted by Gasteiger charge is -2.08. The molecule has 0 saturated carbocycles. The van der Waals surface area contributed by atoms with E-state index < -0.39 is 0 Å². The molecular weight excluding hydrogens is 328 g/mol. The highest BCUT2D eigenvalue weighted by atomic mass is 79.9. The maximum atomic E-state index is 11.6. The number of halogens is 2. The second-order valence-electron chi connectivity index (χ2n) is 3.97. The highest BCUT2D eigenvalue weighted by Gasteiger charge is 2.09. The first kappa shape index (κ1) is 14.1. The lowest BCUT2D eigenvalue weighted by molar-refractivity contribution is 0.102. The second kappa shape index (κ2) is 6.73. The van der Waals surface area contributed by atoms with E-state index in [1.807, 2.05) is 30.3 Å². The number of ketones is 1. The van der Waals surface area contributed by atoms with E-state index in [-0.39, 0.29) is 11.1 Å². The molecule has 0 saturated heterocycles. The molecule has 0 N–H and O–H groups in total. The number of carbonyl (C=O) groups excluding carboxylic acids is 1. The zero-order valence-electron chi connectivity index (χ0n) is 10.1. The Morgan fingerprint density at radius 2 is 1.89 bits per heavy atom. The third kappa shape index (κ3) is 3.82. The first-order chi connectivity index (χ1) is 9.20. The molecule has 2 aromatic carbocycles. The van der Waals surface area contributed by atoms with E-state index in [4.69, 9.17) is 16.3 Å². The van der Waals surface area contributed by atoms with Gasteiger partial charge in [0.05, 0.1) is 10.4 Å². The van der Waals surface area contributed by atoms with Crippen LogP contribution in [0.2, 0.25) is 5.02 Å². The van der Waals surface area contributed by atoms with Crippen molar-refractivity contribution in [3.8, 4) is 5.75 Å². The molecule has 0 aliphatic carbocycles. The summed E-state index contributed by atoms with van der Waals surface area (Å²) in [5.74, 6) is 0.611. The van der Waals surface area contributed by atoms with Crippen LogP contribution in [-0.2, 0) is 6.61 Å². The topological polar surface area (TPSA) is 26.3 Å². The number of alkyl halides is 1. The monoisotopic (exact) mass is 338 g/mol. The molecule has 19 heavy (non-hydrogen) atoms. The zero-order valence-corrected chi connectivity index (χ0v) is 12.4. The maximum Gasteiger partial charge on any atom is 0.174 e. The van der Waals surface area contributed by atoms with Crippen LogP contribution >= 0.6 is 27.5 Å². The van der Waals surface area contributed by atoms with Crippen molar-refractivity contribution in [2.45, 2.75) is 6.61 Å². The van der Waals surface area contributed by atoms with Gasteiger partial charge in [-0.25, -0.2) is 0 Å². The molecule has 2 aromatic rings. The minimum absolute atomic E-state index is 0.0420. The fourth-order valence-corrected chi connectivity index (χ4v) is 2.20. The van der Waals surface area contributed by atoms with Crippen LogP contribution in [0, 0.1) is 0 Å². The molecule has 0 aliphatic heterocycles. The van der Waals surface area contributed by atoms with E-state index in [1.54, 1.807) is 18.2 Å². The first-order valence-electron chi connectivity index (χ1n) is 5.76. The maximum absolute atomic E-state index is 11.6. The average Bonchev–Trinajstić information content (AvgIpc) is 2.45. The summed E-state index contributed by atoms with van der Waals surface area (Å²) in [6.45, 7) is 0.475. The van der Waals surface area contributed by atoms with E-state index in [0.29, 0.717) is 22.9 Å². The predicted molar refractivity (Wildman–Crippen MR) is 80.4 cm³/mol. The minimum Gasteiger partial charge on any atom is -0.489 e. The Morgan fingerprint density at radius 1 is 1.16 bits per heavy atom. The van der Waals surface area contributed by atoms with Crippen LogP contribution in [-0.4, -0.2) is 11.1 Å². The van der Waals surface area contributed by atoms with Crippen molar-refractivity contribution >= 4 is 33.3 Å². The van der Waals surface area contributed by atoms with Crippen molar-refractivity contribution in [2.24, 2.45) is 0 Å². The Bertz CT molecular complexity index is 570. The van der Waals surface area contributed by atoms with Crippen LogP contribution in [0.5, 0.6) is 5.75 Å². The lowest BCUT2D eigenvalue weighted by atomic mass is 10.1. The van der Waals surface area contributed by atoms with Crippen molar-refractivity contribution in [3.05, 3.63) is 64.7 Å². The Balaban J connectivity index is 2.06. The van der Waals surface area contributed by atoms with Crippen LogP contribution in [0.15, 0.2) is 48.5 Å². The molecule has 0 aromatic heterocycles. The van der Waals surface area contributed by atoms with Gasteiger partial charge in [-0.05, 0) is 23.8 Å². The molecule has 2 nitrogen and oxygen atoms in total. The molecule has 0 atom stereocenters. The van der Waals surface area contributed by atoms with Crippen molar-refractivity contribution in [2.75, 3.05) is 5.33 Å². The van der Waals surface area contributed by atoms with E-state index in [2.05, 4.69) is 15.9 Å². The molecule has 0 heterocycles. The number of hydrogen-bond acceptors (Lipinski definition) is 2. The van der Waals surface area contributed by atoms with Gasteiger partial charge in [0, 0.05) is 5.56 Å². The predicted octanol–water partition coefficient (Wildman–Crippen LogP) is 4.50. The number of benzene rings is 2. The number of rotatable bonds is 5. The first-order valence-corrected chi connectivity index (χ1v) is 7.26.